The summed E-state index contributed by atoms with van der Waals surface area (Å²) in [5.74, 6) is 0.310. The van der Waals surface area contributed by atoms with Crippen LogP contribution in [-0.4, -0.2) is 36.3 Å². The third-order valence-corrected chi connectivity index (χ3v) is 4.02. The number of rotatable bonds is 3. The minimum Gasteiger partial charge on any atom is -0.482 e. The van der Waals surface area contributed by atoms with Gasteiger partial charge in [0.1, 0.15) is 11.5 Å². The summed E-state index contributed by atoms with van der Waals surface area (Å²) in [7, 11) is 0. The number of hydrogen-bond acceptors (Lipinski definition) is 3. The Hall–Kier alpha value is -0.970. The van der Waals surface area contributed by atoms with Crippen molar-refractivity contribution in [3.05, 3.63) is 27.2 Å². The number of carbonyl (C=O) groups excluding carboxylic acids is 2. The van der Waals surface area contributed by atoms with Crippen LogP contribution in [0.3, 0.4) is 0 Å². The van der Waals surface area contributed by atoms with Gasteiger partial charge in [-0.05, 0) is 6.07 Å². The van der Waals surface area contributed by atoms with Crippen molar-refractivity contribution in [2.24, 2.45) is 0 Å². The Morgan fingerprint density at radius 3 is 2.35 bits per heavy atom. The van der Waals surface area contributed by atoms with Crippen molar-refractivity contribution in [2.75, 3.05) is 19.7 Å². The van der Waals surface area contributed by atoms with E-state index in [2.05, 4.69) is 0 Å². The maximum absolute atomic E-state index is 11.9. The lowest BCUT2D eigenvalue weighted by Crippen LogP contribution is -2.41. The molecule has 1 aromatic carbocycles. The summed E-state index contributed by atoms with van der Waals surface area (Å²) in [5, 5.41) is 0.924. The molecule has 0 unspecified atom stereocenters. The Balaban J connectivity index is 1.93. The summed E-state index contributed by atoms with van der Waals surface area (Å²) in [6.07, 6.45) is 0.804. The molecule has 0 aromatic heterocycles. The van der Waals surface area contributed by atoms with Crippen LogP contribution in [0.1, 0.15) is 12.8 Å². The molecule has 0 radical (unpaired) electrons. The second-order valence-corrected chi connectivity index (χ2v) is 5.63. The highest BCUT2D eigenvalue weighted by Crippen LogP contribution is 2.33. The Morgan fingerprint density at radius 2 is 1.70 bits per heavy atom. The summed E-state index contributed by atoms with van der Waals surface area (Å²) < 4.78 is 5.36. The molecule has 0 saturated carbocycles. The molecule has 1 fully saturated rings. The van der Waals surface area contributed by atoms with Gasteiger partial charge in [0.2, 0.25) is 0 Å². The molecule has 1 aliphatic rings. The fraction of sp³-hybridized carbons (Fsp3) is 0.385. The lowest BCUT2D eigenvalue weighted by molar-refractivity contribution is -0.136. The molecular formula is C13H12Cl3NO3. The topological polar surface area (TPSA) is 46.6 Å². The fourth-order valence-electron chi connectivity index (χ4n) is 1.85. The Bertz CT molecular complexity index is 538. The van der Waals surface area contributed by atoms with Gasteiger partial charge in [0.15, 0.2) is 6.61 Å². The fourth-order valence-corrected chi connectivity index (χ4v) is 2.44. The molecule has 2 rings (SSSR count). The average molecular weight is 337 g/mol. The van der Waals surface area contributed by atoms with Crippen LogP contribution in [-0.2, 0) is 9.59 Å². The van der Waals surface area contributed by atoms with Gasteiger partial charge in [0.25, 0.3) is 5.91 Å². The summed E-state index contributed by atoms with van der Waals surface area (Å²) in [5.41, 5.74) is 0. The van der Waals surface area contributed by atoms with Crippen molar-refractivity contribution in [1.82, 2.24) is 4.90 Å². The van der Waals surface area contributed by atoms with Crippen LogP contribution in [0.2, 0.25) is 15.1 Å². The maximum atomic E-state index is 11.9. The van der Waals surface area contributed by atoms with Crippen LogP contribution >= 0.6 is 34.8 Å². The van der Waals surface area contributed by atoms with Gasteiger partial charge in [0.05, 0.1) is 15.1 Å². The smallest absolute Gasteiger partial charge is 0.260 e. The highest BCUT2D eigenvalue weighted by molar-refractivity contribution is 6.43. The van der Waals surface area contributed by atoms with Crippen molar-refractivity contribution in [3.8, 4) is 5.75 Å². The molecule has 7 heteroatoms. The van der Waals surface area contributed by atoms with Gasteiger partial charge in [-0.25, -0.2) is 0 Å². The van der Waals surface area contributed by atoms with Crippen LogP contribution in [0.4, 0.5) is 0 Å². The van der Waals surface area contributed by atoms with E-state index in [0.717, 1.165) is 0 Å². The summed E-state index contributed by atoms with van der Waals surface area (Å²) in [6, 6.07) is 2.93. The monoisotopic (exact) mass is 335 g/mol. The van der Waals surface area contributed by atoms with Crippen molar-refractivity contribution in [3.63, 3.8) is 0 Å². The van der Waals surface area contributed by atoms with E-state index >= 15 is 0 Å². The minimum atomic E-state index is -0.181. The van der Waals surface area contributed by atoms with E-state index in [1.54, 1.807) is 4.90 Å². The number of amides is 1. The number of carbonyl (C=O) groups is 2. The summed E-state index contributed by atoms with van der Waals surface area (Å²) in [4.78, 5) is 24.6. The lowest BCUT2D eigenvalue weighted by atomic mass is 10.1. The van der Waals surface area contributed by atoms with E-state index in [4.69, 9.17) is 39.5 Å². The molecule has 0 N–H and O–H groups in total. The predicted molar refractivity (Wildman–Crippen MR) is 77.8 cm³/mol. The number of piperidine rings is 1. The quantitative estimate of drug-likeness (QED) is 0.796. The number of ether oxygens (including phenoxy) is 1. The largest absolute Gasteiger partial charge is 0.482 e. The number of ketones is 1. The molecule has 1 aliphatic heterocycles. The van der Waals surface area contributed by atoms with Crippen LogP contribution in [0, 0.1) is 0 Å². The van der Waals surface area contributed by atoms with Crippen LogP contribution < -0.4 is 4.74 Å². The van der Waals surface area contributed by atoms with Gasteiger partial charge in [-0.2, -0.15) is 0 Å². The Labute approximate surface area is 131 Å². The second-order valence-electron chi connectivity index (χ2n) is 4.40. The molecule has 108 valence electrons. The van der Waals surface area contributed by atoms with Crippen molar-refractivity contribution < 1.29 is 14.3 Å². The summed E-state index contributed by atoms with van der Waals surface area (Å²) in [6.45, 7) is 0.734. The first-order chi connectivity index (χ1) is 9.47. The normalized spacial score (nSPS) is 15.3. The lowest BCUT2D eigenvalue weighted by Gasteiger charge is -2.26. The van der Waals surface area contributed by atoms with E-state index in [1.807, 2.05) is 0 Å². The minimum absolute atomic E-state index is 0.147. The first kappa shape index (κ1) is 15.4. The SMILES string of the molecule is O=C1CCN(C(=O)COc2cc(Cl)c(Cl)cc2Cl)CC1. The van der Waals surface area contributed by atoms with Gasteiger partial charge in [-0.15, -0.1) is 0 Å². The number of halogens is 3. The molecule has 1 aromatic rings. The molecule has 20 heavy (non-hydrogen) atoms. The average Bonchev–Trinajstić information content (AvgIpc) is 2.42. The van der Waals surface area contributed by atoms with Crippen molar-refractivity contribution >= 4 is 46.5 Å². The standard InChI is InChI=1S/C13H12Cl3NO3/c14-9-5-11(16)12(6-10(9)15)20-7-13(19)17-3-1-8(18)2-4-17/h5-6H,1-4,7H2. The number of Topliss-reactive ketones (excluding diaryl/α,β-unsaturated/α-hetero) is 1. The van der Waals surface area contributed by atoms with E-state index < -0.39 is 0 Å². The first-order valence-corrected chi connectivity index (χ1v) is 7.17. The van der Waals surface area contributed by atoms with Gasteiger partial charge in [-0.3, -0.25) is 9.59 Å². The maximum Gasteiger partial charge on any atom is 0.260 e. The second kappa shape index (κ2) is 6.66. The molecule has 0 atom stereocenters. The molecule has 0 bridgehead atoms. The zero-order chi connectivity index (χ0) is 14.7. The van der Waals surface area contributed by atoms with Crippen molar-refractivity contribution in [2.45, 2.75) is 12.8 Å². The van der Waals surface area contributed by atoms with E-state index in [9.17, 15) is 9.59 Å². The van der Waals surface area contributed by atoms with Gasteiger partial charge >= 0.3 is 0 Å². The molecule has 1 saturated heterocycles. The number of benzene rings is 1. The molecule has 1 heterocycles. The van der Waals surface area contributed by atoms with E-state index in [-0.39, 0.29) is 18.3 Å². The predicted octanol–water partition coefficient (Wildman–Crippen LogP) is 3.22. The van der Waals surface area contributed by atoms with Crippen molar-refractivity contribution in [1.29, 1.82) is 0 Å². The molecule has 0 aliphatic carbocycles. The highest BCUT2D eigenvalue weighted by Gasteiger charge is 2.21. The highest BCUT2D eigenvalue weighted by atomic mass is 35.5. The Kier molecular flexibility index (Phi) is 5.13. The summed E-state index contributed by atoms with van der Waals surface area (Å²) >= 11 is 17.6. The van der Waals surface area contributed by atoms with E-state index in [1.165, 1.54) is 12.1 Å². The number of nitrogens with zero attached hydrogens (tertiary/aromatic N) is 1. The van der Waals surface area contributed by atoms with Gasteiger partial charge in [-0.1, -0.05) is 34.8 Å². The van der Waals surface area contributed by atoms with Gasteiger partial charge < -0.3 is 9.64 Å². The van der Waals surface area contributed by atoms with Crippen LogP contribution in [0.5, 0.6) is 5.75 Å². The molecule has 4 nitrogen and oxygen atoms in total. The molecular weight excluding hydrogens is 325 g/mol. The number of likely N-dealkylation sites (tertiary alicyclic amines) is 1. The molecule has 0 spiro atoms. The zero-order valence-electron chi connectivity index (χ0n) is 10.5. The Morgan fingerprint density at radius 1 is 1.10 bits per heavy atom. The zero-order valence-corrected chi connectivity index (χ0v) is 12.8. The third kappa shape index (κ3) is 3.78. The first-order valence-electron chi connectivity index (χ1n) is 6.04. The van der Waals surface area contributed by atoms with Crippen LogP contribution in [0.25, 0.3) is 0 Å². The number of hydrogen-bond donors (Lipinski definition) is 0. The van der Waals surface area contributed by atoms with Crippen LogP contribution in [0.15, 0.2) is 12.1 Å². The third-order valence-electron chi connectivity index (χ3n) is 3.00. The molecule has 1 amide bonds. The van der Waals surface area contributed by atoms with Gasteiger partial charge in [0, 0.05) is 32.0 Å². The van der Waals surface area contributed by atoms with E-state index in [0.29, 0.717) is 46.7 Å².